The zero-order valence-electron chi connectivity index (χ0n) is 16.9. The first kappa shape index (κ1) is 23.5. The molecule has 1 unspecified atom stereocenters. The minimum absolute atomic E-state index is 0.0492. The Labute approximate surface area is 187 Å². The van der Waals surface area contributed by atoms with Crippen LogP contribution in [0.5, 0.6) is 0 Å². The monoisotopic (exact) mass is 454 g/mol. The second kappa shape index (κ2) is 9.84. The molecule has 0 aliphatic rings. The fourth-order valence-electron chi connectivity index (χ4n) is 2.80. The van der Waals surface area contributed by atoms with Gasteiger partial charge in [-0.2, -0.15) is 0 Å². The van der Waals surface area contributed by atoms with Crippen molar-refractivity contribution in [1.82, 2.24) is 10.2 Å². The number of halogens is 3. The SMILES string of the molecule is CC(C(=O)NC(C)(C)C)N(Cc1ccccc1Cl)C(=O)Cc1ccc(Cl)cc1Cl. The molecule has 29 heavy (non-hydrogen) atoms. The number of nitrogens with zero attached hydrogens (tertiary/aromatic N) is 1. The lowest BCUT2D eigenvalue weighted by molar-refractivity contribution is -0.140. The molecule has 2 amide bonds. The Morgan fingerprint density at radius 2 is 1.66 bits per heavy atom. The Kier molecular flexibility index (Phi) is 7.98. The van der Waals surface area contributed by atoms with Crippen LogP contribution in [0, 0.1) is 0 Å². The van der Waals surface area contributed by atoms with Gasteiger partial charge in [0.25, 0.3) is 0 Å². The van der Waals surface area contributed by atoms with E-state index >= 15 is 0 Å². The molecule has 0 heterocycles. The summed E-state index contributed by atoms with van der Waals surface area (Å²) in [6.45, 7) is 7.60. The lowest BCUT2D eigenvalue weighted by Gasteiger charge is -2.32. The van der Waals surface area contributed by atoms with Crippen molar-refractivity contribution in [3.63, 3.8) is 0 Å². The first-order chi connectivity index (χ1) is 13.5. The van der Waals surface area contributed by atoms with E-state index in [2.05, 4.69) is 5.32 Å². The molecule has 0 saturated heterocycles. The predicted octanol–water partition coefficient (Wildman–Crippen LogP) is 5.52. The van der Waals surface area contributed by atoms with E-state index in [1.165, 1.54) is 4.90 Å². The van der Waals surface area contributed by atoms with Crippen LogP contribution >= 0.6 is 34.8 Å². The van der Waals surface area contributed by atoms with Crippen molar-refractivity contribution in [3.05, 3.63) is 68.7 Å². The van der Waals surface area contributed by atoms with E-state index in [4.69, 9.17) is 34.8 Å². The highest BCUT2D eigenvalue weighted by molar-refractivity contribution is 6.35. The molecule has 1 atom stereocenters. The predicted molar refractivity (Wildman–Crippen MR) is 120 cm³/mol. The molecule has 1 N–H and O–H groups in total. The van der Waals surface area contributed by atoms with Crippen LogP contribution in [0.3, 0.4) is 0 Å². The summed E-state index contributed by atoms with van der Waals surface area (Å²) in [7, 11) is 0. The Balaban J connectivity index is 2.31. The molecule has 156 valence electrons. The minimum atomic E-state index is -0.691. The second-order valence-corrected chi connectivity index (χ2v) is 9.19. The van der Waals surface area contributed by atoms with Gasteiger partial charge in [-0.15, -0.1) is 0 Å². The summed E-state index contributed by atoms with van der Waals surface area (Å²) in [4.78, 5) is 27.5. The van der Waals surface area contributed by atoms with Gasteiger partial charge in [0.05, 0.1) is 6.42 Å². The highest BCUT2D eigenvalue weighted by atomic mass is 35.5. The lowest BCUT2D eigenvalue weighted by atomic mass is 10.1. The summed E-state index contributed by atoms with van der Waals surface area (Å²) in [6.07, 6.45) is 0.0492. The van der Waals surface area contributed by atoms with Crippen LogP contribution in [-0.2, 0) is 22.6 Å². The van der Waals surface area contributed by atoms with E-state index in [9.17, 15) is 9.59 Å². The van der Waals surface area contributed by atoms with Crippen LogP contribution in [0.4, 0.5) is 0 Å². The van der Waals surface area contributed by atoms with Crippen molar-refractivity contribution in [2.24, 2.45) is 0 Å². The van der Waals surface area contributed by atoms with Crippen molar-refractivity contribution >= 4 is 46.6 Å². The van der Waals surface area contributed by atoms with Gasteiger partial charge in [-0.05, 0) is 57.0 Å². The summed E-state index contributed by atoms with van der Waals surface area (Å²) in [5.41, 5.74) is 0.998. The highest BCUT2D eigenvalue weighted by Gasteiger charge is 2.29. The number of rotatable bonds is 6. The zero-order valence-corrected chi connectivity index (χ0v) is 19.2. The molecule has 0 aliphatic heterocycles. The van der Waals surface area contributed by atoms with Crippen LogP contribution in [0.25, 0.3) is 0 Å². The summed E-state index contributed by atoms with van der Waals surface area (Å²) >= 11 is 18.5. The van der Waals surface area contributed by atoms with Crippen LogP contribution < -0.4 is 5.32 Å². The lowest BCUT2D eigenvalue weighted by Crippen LogP contribution is -2.52. The molecule has 0 aliphatic carbocycles. The number of nitrogens with one attached hydrogen (secondary N) is 1. The molecule has 0 radical (unpaired) electrons. The van der Waals surface area contributed by atoms with Gasteiger partial charge >= 0.3 is 0 Å². The van der Waals surface area contributed by atoms with Crippen LogP contribution in [-0.4, -0.2) is 28.3 Å². The molecule has 0 aromatic heterocycles. The van der Waals surface area contributed by atoms with Crippen molar-refractivity contribution in [1.29, 1.82) is 0 Å². The maximum absolute atomic E-state index is 13.2. The third kappa shape index (κ3) is 6.91. The van der Waals surface area contributed by atoms with Gasteiger partial charge in [0.15, 0.2) is 0 Å². The summed E-state index contributed by atoms with van der Waals surface area (Å²) in [6, 6.07) is 11.6. The standard InChI is InChI=1S/C22H25Cl3N2O2/c1-14(21(29)26-22(2,3)4)27(13-16-7-5-6-8-18(16)24)20(28)11-15-9-10-17(23)12-19(15)25/h5-10,12,14H,11,13H2,1-4H3,(H,26,29). The van der Waals surface area contributed by atoms with E-state index in [-0.39, 0.29) is 24.8 Å². The molecule has 2 rings (SSSR count). The van der Waals surface area contributed by atoms with E-state index in [1.807, 2.05) is 39.0 Å². The number of hydrogen-bond donors (Lipinski definition) is 1. The number of carbonyl (C=O) groups is 2. The first-order valence-corrected chi connectivity index (χ1v) is 10.4. The maximum Gasteiger partial charge on any atom is 0.242 e. The third-order valence-electron chi connectivity index (χ3n) is 4.32. The molecule has 0 saturated carbocycles. The Morgan fingerprint density at radius 3 is 2.24 bits per heavy atom. The van der Waals surface area contributed by atoms with Crippen LogP contribution in [0.1, 0.15) is 38.8 Å². The van der Waals surface area contributed by atoms with E-state index in [0.717, 1.165) is 5.56 Å². The second-order valence-electron chi connectivity index (χ2n) is 7.94. The van der Waals surface area contributed by atoms with E-state index < -0.39 is 11.6 Å². The Bertz CT molecular complexity index is 894. The number of benzene rings is 2. The van der Waals surface area contributed by atoms with E-state index in [0.29, 0.717) is 20.6 Å². The number of hydrogen-bond acceptors (Lipinski definition) is 2. The normalized spacial score (nSPS) is 12.4. The van der Waals surface area contributed by atoms with Crippen molar-refractivity contribution in [3.8, 4) is 0 Å². The Hall–Kier alpha value is -1.75. The van der Waals surface area contributed by atoms with Crippen LogP contribution in [0.2, 0.25) is 15.1 Å². The first-order valence-electron chi connectivity index (χ1n) is 9.27. The molecule has 4 nitrogen and oxygen atoms in total. The van der Waals surface area contributed by atoms with Crippen molar-refractivity contribution < 1.29 is 9.59 Å². The minimum Gasteiger partial charge on any atom is -0.350 e. The Morgan fingerprint density at radius 1 is 1.00 bits per heavy atom. The molecule has 0 fully saturated rings. The topological polar surface area (TPSA) is 49.4 Å². The van der Waals surface area contributed by atoms with Gasteiger partial charge in [-0.25, -0.2) is 0 Å². The molecule has 2 aromatic carbocycles. The van der Waals surface area contributed by atoms with Crippen LogP contribution in [0.15, 0.2) is 42.5 Å². The number of amides is 2. The maximum atomic E-state index is 13.2. The molecule has 2 aromatic rings. The van der Waals surface area contributed by atoms with Gasteiger partial charge in [0.1, 0.15) is 6.04 Å². The quantitative estimate of drug-likeness (QED) is 0.623. The summed E-state index contributed by atoms with van der Waals surface area (Å²) in [5, 5.41) is 4.38. The average molecular weight is 456 g/mol. The fraction of sp³-hybridized carbons (Fsp3) is 0.364. The van der Waals surface area contributed by atoms with Gasteiger partial charge < -0.3 is 10.2 Å². The zero-order chi connectivity index (χ0) is 21.8. The van der Waals surface area contributed by atoms with Gasteiger partial charge in [-0.3, -0.25) is 9.59 Å². The van der Waals surface area contributed by atoms with Gasteiger partial charge in [-0.1, -0.05) is 59.1 Å². The van der Waals surface area contributed by atoms with Crippen molar-refractivity contribution in [2.45, 2.75) is 52.2 Å². The largest absolute Gasteiger partial charge is 0.350 e. The molecule has 0 spiro atoms. The molecule has 7 heteroatoms. The van der Waals surface area contributed by atoms with Crippen molar-refractivity contribution in [2.75, 3.05) is 0 Å². The number of carbonyl (C=O) groups excluding carboxylic acids is 2. The molecular formula is C22H25Cl3N2O2. The summed E-state index contributed by atoms with van der Waals surface area (Å²) in [5.74, 6) is -0.467. The highest BCUT2D eigenvalue weighted by Crippen LogP contribution is 2.24. The fourth-order valence-corrected chi connectivity index (χ4v) is 3.47. The third-order valence-corrected chi connectivity index (χ3v) is 5.28. The molecule has 0 bridgehead atoms. The molecular weight excluding hydrogens is 431 g/mol. The van der Waals surface area contributed by atoms with Gasteiger partial charge in [0.2, 0.25) is 11.8 Å². The smallest absolute Gasteiger partial charge is 0.242 e. The van der Waals surface area contributed by atoms with Gasteiger partial charge in [0, 0.05) is 27.2 Å². The average Bonchev–Trinajstić information content (AvgIpc) is 2.61. The van der Waals surface area contributed by atoms with E-state index in [1.54, 1.807) is 31.2 Å². The summed E-state index contributed by atoms with van der Waals surface area (Å²) < 4.78 is 0.